The molecular weight excluding hydrogens is 194 g/mol. The molecule has 2 aliphatic rings. The van der Waals surface area contributed by atoms with Crippen molar-refractivity contribution in [2.24, 2.45) is 0 Å². The molecular formula is C11H13NO3. The molecule has 1 N–H and O–H groups in total. The van der Waals surface area contributed by atoms with Crippen LogP contribution in [0.1, 0.15) is 6.42 Å². The molecule has 4 heteroatoms. The van der Waals surface area contributed by atoms with E-state index in [4.69, 9.17) is 14.2 Å². The van der Waals surface area contributed by atoms with Crippen molar-refractivity contribution < 1.29 is 14.2 Å². The lowest BCUT2D eigenvalue weighted by atomic mass is 10.3. The Hall–Kier alpha value is -1.42. The molecule has 3 rings (SSSR count). The maximum absolute atomic E-state index is 5.80. The lowest BCUT2D eigenvalue weighted by Gasteiger charge is -2.12. The molecule has 1 fully saturated rings. The Morgan fingerprint density at radius 1 is 1.27 bits per heavy atom. The second-order valence-corrected chi connectivity index (χ2v) is 3.75. The summed E-state index contributed by atoms with van der Waals surface area (Å²) in [5.74, 6) is 2.43. The number of hydrogen-bond acceptors (Lipinski definition) is 4. The van der Waals surface area contributed by atoms with Crippen LogP contribution in [0.2, 0.25) is 0 Å². The zero-order valence-corrected chi connectivity index (χ0v) is 8.36. The van der Waals surface area contributed by atoms with Gasteiger partial charge in [-0.15, -0.1) is 0 Å². The Morgan fingerprint density at radius 2 is 2.20 bits per heavy atom. The third-order valence-electron chi connectivity index (χ3n) is 2.66. The summed E-state index contributed by atoms with van der Waals surface area (Å²) < 4.78 is 16.3. The molecule has 4 nitrogen and oxygen atoms in total. The van der Waals surface area contributed by atoms with Crippen LogP contribution in [0.4, 0.5) is 0 Å². The van der Waals surface area contributed by atoms with Crippen molar-refractivity contribution in [2.75, 3.05) is 19.9 Å². The highest BCUT2D eigenvalue weighted by molar-refractivity contribution is 5.46. The van der Waals surface area contributed by atoms with Crippen LogP contribution in [0.25, 0.3) is 0 Å². The molecule has 2 heterocycles. The van der Waals surface area contributed by atoms with Gasteiger partial charge in [0.15, 0.2) is 11.5 Å². The first-order chi connectivity index (χ1) is 7.42. The van der Waals surface area contributed by atoms with Gasteiger partial charge in [-0.3, -0.25) is 0 Å². The molecule has 0 bridgehead atoms. The molecule has 0 aliphatic carbocycles. The van der Waals surface area contributed by atoms with Gasteiger partial charge in [0.05, 0.1) is 0 Å². The minimum atomic E-state index is 0.283. The van der Waals surface area contributed by atoms with Crippen LogP contribution < -0.4 is 19.5 Å². The van der Waals surface area contributed by atoms with Gasteiger partial charge in [0, 0.05) is 12.6 Å². The molecule has 1 aromatic carbocycles. The van der Waals surface area contributed by atoms with Gasteiger partial charge < -0.3 is 19.5 Å². The van der Waals surface area contributed by atoms with Crippen LogP contribution in [0.3, 0.4) is 0 Å². The molecule has 80 valence electrons. The maximum atomic E-state index is 5.80. The average Bonchev–Trinajstić information content (AvgIpc) is 2.87. The van der Waals surface area contributed by atoms with Crippen molar-refractivity contribution in [1.82, 2.24) is 5.32 Å². The van der Waals surface area contributed by atoms with Crippen molar-refractivity contribution in [3.8, 4) is 17.2 Å². The SMILES string of the molecule is c1cc2c(cc1O[C@@H]1CCNC1)OCO2. The molecule has 15 heavy (non-hydrogen) atoms. The molecule has 2 aliphatic heterocycles. The van der Waals surface area contributed by atoms with E-state index in [1.165, 1.54) is 0 Å². The lowest BCUT2D eigenvalue weighted by Crippen LogP contribution is -2.19. The second-order valence-electron chi connectivity index (χ2n) is 3.75. The van der Waals surface area contributed by atoms with Gasteiger partial charge in [-0.25, -0.2) is 0 Å². The normalized spacial score (nSPS) is 23.1. The van der Waals surface area contributed by atoms with Gasteiger partial charge in [-0.05, 0) is 25.1 Å². The average molecular weight is 207 g/mol. The maximum Gasteiger partial charge on any atom is 0.231 e. The Kier molecular flexibility index (Phi) is 2.14. The van der Waals surface area contributed by atoms with Crippen LogP contribution in [0.15, 0.2) is 18.2 Å². The van der Waals surface area contributed by atoms with E-state index >= 15 is 0 Å². The van der Waals surface area contributed by atoms with Crippen LogP contribution in [0, 0.1) is 0 Å². The molecule has 1 aromatic rings. The van der Waals surface area contributed by atoms with E-state index in [-0.39, 0.29) is 6.10 Å². The Labute approximate surface area is 88.1 Å². The fourth-order valence-electron chi connectivity index (χ4n) is 1.87. The van der Waals surface area contributed by atoms with E-state index < -0.39 is 0 Å². The molecule has 1 atom stereocenters. The van der Waals surface area contributed by atoms with E-state index in [1.807, 2.05) is 18.2 Å². The monoisotopic (exact) mass is 207 g/mol. The third kappa shape index (κ3) is 1.72. The number of hydrogen-bond donors (Lipinski definition) is 1. The van der Waals surface area contributed by atoms with Crippen LogP contribution in [-0.2, 0) is 0 Å². The first-order valence-electron chi connectivity index (χ1n) is 5.19. The molecule has 0 amide bonds. The largest absolute Gasteiger partial charge is 0.489 e. The summed E-state index contributed by atoms with van der Waals surface area (Å²) in [7, 11) is 0. The highest BCUT2D eigenvalue weighted by atomic mass is 16.7. The summed E-state index contributed by atoms with van der Waals surface area (Å²) in [4.78, 5) is 0. The molecule has 0 spiro atoms. The van der Waals surface area contributed by atoms with Crippen molar-refractivity contribution in [3.05, 3.63) is 18.2 Å². The summed E-state index contributed by atoms with van der Waals surface area (Å²) in [5.41, 5.74) is 0. The second kappa shape index (κ2) is 3.62. The van der Waals surface area contributed by atoms with E-state index in [0.717, 1.165) is 36.8 Å². The number of benzene rings is 1. The fraction of sp³-hybridized carbons (Fsp3) is 0.455. The third-order valence-corrected chi connectivity index (χ3v) is 2.66. The minimum Gasteiger partial charge on any atom is -0.489 e. The number of ether oxygens (including phenoxy) is 3. The Balaban J connectivity index is 1.75. The first-order valence-corrected chi connectivity index (χ1v) is 5.19. The summed E-state index contributed by atoms with van der Waals surface area (Å²) in [6, 6.07) is 5.70. The number of fused-ring (bicyclic) bond motifs is 1. The quantitative estimate of drug-likeness (QED) is 0.789. The predicted octanol–water partition coefficient (Wildman–Crippen LogP) is 1.16. The highest BCUT2D eigenvalue weighted by Crippen LogP contribution is 2.35. The van der Waals surface area contributed by atoms with Gasteiger partial charge >= 0.3 is 0 Å². The summed E-state index contributed by atoms with van der Waals surface area (Å²) in [6.45, 7) is 2.27. The molecule has 0 aromatic heterocycles. The van der Waals surface area contributed by atoms with Crippen molar-refractivity contribution in [1.29, 1.82) is 0 Å². The topological polar surface area (TPSA) is 39.7 Å². The Morgan fingerprint density at radius 3 is 3.07 bits per heavy atom. The minimum absolute atomic E-state index is 0.283. The van der Waals surface area contributed by atoms with Gasteiger partial charge in [0.2, 0.25) is 6.79 Å². The smallest absolute Gasteiger partial charge is 0.231 e. The van der Waals surface area contributed by atoms with E-state index in [0.29, 0.717) is 6.79 Å². The number of nitrogens with one attached hydrogen (secondary N) is 1. The van der Waals surface area contributed by atoms with Crippen molar-refractivity contribution >= 4 is 0 Å². The van der Waals surface area contributed by atoms with Crippen LogP contribution >= 0.6 is 0 Å². The molecule has 0 saturated carbocycles. The van der Waals surface area contributed by atoms with Crippen molar-refractivity contribution in [3.63, 3.8) is 0 Å². The lowest BCUT2D eigenvalue weighted by molar-refractivity contribution is 0.173. The summed E-state index contributed by atoms with van der Waals surface area (Å²) in [6.07, 6.45) is 1.35. The zero-order valence-electron chi connectivity index (χ0n) is 8.36. The van der Waals surface area contributed by atoms with E-state index in [2.05, 4.69) is 5.32 Å². The van der Waals surface area contributed by atoms with Gasteiger partial charge in [0.25, 0.3) is 0 Å². The molecule has 1 saturated heterocycles. The summed E-state index contributed by atoms with van der Waals surface area (Å²) >= 11 is 0. The van der Waals surface area contributed by atoms with Gasteiger partial charge in [-0.1, -0.05) is 0 Å². The van der Waals surface area contributed by atoms with Gasteiger partial charge in [0.1, 0.15) is 11.9 Å². The zero-order chi connectivity index (χ0) is 10.1. The Bertz CT molecular complexity index is 361. The molecule has 0 radical (unpaired) electrons. The number of rotatable bonds is 2. The van der Waals surface area contributed by atoms with Crippen molar-refractivity contribution in [2.45, 2.75) is 12.5 Å². The van der Waals surface area contributed by atoms with E-state index in [1.54, 1.807) is 0 Å². The first kappa shape index (κ1) is 8.85. The standard InChI is InChI=1S/C11H13NO3/c1-2-10-11(14-7-13-10)5-8(1)15-9-3-4-12-6-9/h1-2,5,9,12H,3-4,6-7H2/t9-/m1/s1. The van der Waals surface area contributed by atoms with E-state index in [9.17, 15) is 0 Å². The fourth-order valence-corrected chi connectivity index (χ4v) is 1.87. The predicted molar refractivity (Wildman–Crippen MR) is 54.5 cm³/mol. The van der Waals surface area contributed by atoms with Crippen LogP contribution in [-0.4, -0.2) is 26.0 Å². The van der Waals surface area contributed by atoms with Crippen LogP contribution in [0.5, 0.6) is 17.2 Å². The highest BCUT2D eigenvalue weighted by Gasteiger charge is 2.18. The molecule has 0 unspecified atom stereocenters. The van der Waals surface area contributed by atoms with Gasteiger partial charge in [-0.2, -0.15) is 0 Å². The summed E-state index contributed by atoms with van der Waals surface area (Å²) in [5, 5.41) is 3.26.